The van der Waals surface area contributed by atoms with Gasteiger partial charge in [-0.05, 0) is 17.7 Å². The molecule has 0 spiro atoms. The Bertz CT molecular complexity index is 570. The van der Waals surface area contributed by atoms with Crippen molar-refractivity contribution in [2.24, 2.45) is 0 Å². The van der Waals surface area contributed by atoms with E-state index in [0.717, 1.165) is 11.3 Å². The zero-order chi connectivity index (χ0) is 16.2. The number of piperazine rings is 1. The van der Waals surface area contributed by atoms with E-state index >= 15 is 0 Å². The fraction of sp³-hybridized carbons (Fsp3) is 0.600. The predicted octanol–water partition coefficient (Wildman–Crippen LogP) is 1.23. The number of nitrogens with zero attached hydrogens (tertiary/aromatic N) is 2. The molecule has 0 radical (unpaired) electrons. The number of rotatable bonds is 6. The van der Waals surface area contributed by atoms with E-state index in [1.165, 1.54) is 4.31 Å². The van der Waals surface area contributed by atoms with Crippen LogP contribution in [-0.4, -0.2) is 56.9 Å². The van der Waals surface area contributed by atoms with Crippen LogP contribution in [0, 0.1) is 0 Å². The van der Waals surface area contributed by atoms with Crippen LogP contribution in [0.2, 0.25) is 0 Å². The number of benzene rings is 1. The lowest BCUT2D eigenvalue weighted by atomic mass is 10.1. The van der Waals surface area contributed by atoms with Crippen LogP contribution in [-0.2, 0) is 10.2 Å². The summed E-state index contributed by atoms with van der Waals surface area (Å²) in [5, 5.41) is 3.28. The Morgan fingerprint density at radius 1 is 1.27 bits per heavy atom. The standard InChI is InChI=1S/C15H25N3O3S/c1-4-17(5-2)22(19,20)18-11-10-16-12-15(18)13-6-8-14(21-3)9-7-13/h6-9,15-16H,4-5,10-12H2,1-3H3. The van der Waals surface area contributed by atoms with Crippen molar-refractivity contribution in [1.29, 1.82) is 0 Å². The SMILES string of the molecule is CCN(CC)S(=O)(=O)N1CCNCC1c1ccc(OC)cc1. The highest BCUT2D eigenvalue weighted by Gasteiger charge is 2.36. The Kier molecular flexibility index (Phi) is 5.80. The van der Waals surface area contributed by atoms with E-state index in [4.69, 9.17) is 4.74 Å². The second-order valence-corrected chi connectivity index (χ2v) is 7.08. The molecule has 1 N–H and O–H groups in total. The molecule has 0 saturated carbocycles. The van der Waals surface area contributed by atoms with Crippen molar-refractivity contribution in [3.8, 4) is 5.75 Å². The molecule has 1 unspecified atom stereocenters. The number of hydrogen-bond donors (Lipinski definition) is 1. The summed E-state index contributed by atoms with van der Waals surface area (Å²) in [6, 6.07) is 7.41. The summed E-state index contributed by atoms with van der Waals surface area (Å²) in [5.41, 5.74) is 0.976. The Balaban J connectivity index is 2.31. The van der Waals surface area contributed by atoms with Gasteiger partial charge in [0.25, 0.3) is 10.2 Å². The first-order chi connectivity index (χ1) is 10.5. The van der Waals surface area contributed by atoms with E-state index in [-0.39, 0.29) is 6.04 Å². The van der Waals surface area contributed by atoms with Crippen LogP contribution in [0.4, 0.5) is 0 Å². The Morgan fingerprint density at radius 2 is 1.91 bits per heavy atom. The van der Waals surface area contributed by atoms with Crippen LogP contribution in [0.5, 0.6) is 5.75 Å². The molecule has 1 aliphatic heterocycles. The van der Waals surface area contributed by atoms with Crippen LogP contribution in [0.1, 0.15) is 25.5 Å². The van der Waals surface area contributed by atoms with Crippen LogP contribution < -0.4 is 10.1 Å². The minimum atomic E-state index is -3.44. The molecule has 124 valence electrons. The third-order valence-electron chi connectivity index (χ3n) is 4.02. The zero-order valence-corrected chi connectivity index (χ0v) is 14.3. The summed E-state index contributed by atoms with van der Waals surface area (Å²) in [4.78, 5) is 0. The summed E-state index contributed by atoms with van der Waals surface area (Å²) < 4.78 is 34.0. The van der Waals surface area contributed by atoms with Gasteiger partial charge in [-0.3, -0.25) is 0 Å². The van der Waals surface area contributed by atoms with E-state index in [1.54, 1.807) is 11.4 Å². The van der Waals surface area contributed by atoms with Gasteiger partial charge in [0.1, 0.15) is 5.75 Å². The molecule has 1 saturated heterocycles. The molecular weight excluding hydrogens is 302 g/mol. The first kappa shape index (κ1) is 17.2. The zero-order valence-electron chi connectivity index (χ0n) is 13.4. The fourth-order valence-corrected chi connectivity index (χ4v) is 4.56. The van der Waals surface area contributed by atoms with E-state index in [9.17, 15) is 8.42 Å². The molecule has 1 aromatic carbocycles. The monoisotopic (exact) mass is 327 g/mol. The van der Waals surface area contributed by atoms with Crippen molar-refractivity contribution in [3.05, 3.63) is 29.8 Å². The minimum Gasteiger partial charge on any atom is -0.497 e. The second-order valence-electron chi connectivity index (χ2n) is 5.20. The van der Waals surface area contributed by atoms with Gasteiger partial charge in [-0.25, -0.2) is 0 Å². The summed E-state index contributed by atoms with van der Waals surface area (Å²) in [6.07, 6.45) is 0. The van der Waals surface area contributed by atoms with Gasteiger partial charge in [-0.1, -0.05) is 26.0 Å². The molecule has 1 atom stereocenters. The van der Waals surface area contributed by atoms with Crippen LogP contribution >= 0.6 is 0 Å². The van der Waals surface area contributed by atoms with E-state index in [2.05, 4.69) is 5.32 Å². The van der Waals surface area contributed by atoms with Crippen molar-refractivity contribution in [1.82, 2.24) is 13.9 Å². The molecule has 0 amide bonds. The van der Waals surface area contributed by atoms with Gasteiger partial charge < -0.3 is 10.1 Å². The van der Waals surface area contributed by atoms with E-state index < -0.39 is 10.2 Å². The van der Waals surface area contributed by atoms with Gasteiger partial charge in [0.05, 0.1) is 13.2 Å². The minimum absolute atomic E-state index is 0.190. The van der Waals surface area contributed by atoms with Gasteiger partial charge in [-0.15, -0.1) is 0 Å². The van der Waals surface area contributed by atoms with Gasteiger partial charge in [0, 0.05) is 32.7 Å². The third-order valence-corrected chi connectivity index (χ3v) is 6.22. The molecule has 0 bridgehead atoms. The normalized spacial score (nSPS) is 20.3. The van der Waals surface area contributed by atoms with Gasteiger partial charge >= 0.3 is 0 Å². The molecule has 22 heavy (non-hydrogen) atoms. The average Bonchev–Trinajstić information content (AvgIpc) is 2.56. The Labute approximate surface area is 133 Å². The summed E-state index contributed by atoms with van der Waals surface area (Å²) in [6.45, 7) is 6.48. The number of hydrogen-bond acceptors (Lipinski definition) is 4. The highest BCUT2D eigenvalue weighted by atomic mass is 32.2. The van der Waals surface area contributed by atoms with E-state index in [0.29, 0.717) is 32.7 Å². The third kappa shape index (κ3) is 3.43. The lowest BCUT2D eigenvalue weighted by molar-refractivity contribution is 0.249. The maximum atomic E-state index is 12.9. The smallest absolute Gasteiger partial charge is 0.282 e. The first-order valence-electron chi connectivity index (χ1n) is 7.66. The van der Waals surface area contributed by atoms with Crippen molar-refractivity contribution in [2.45, 2.75) is 19.9 Å². The van der Waals surface area contributed by atoms with Crippen LogP contribution in [0.15, 0.2) is 24.3 Å². The van der Waals surface area contributed by atoms with Crippen molar-refractivity contribution < 1.29 is 13.2 Å². The van der Waals surface area contributed by atoms with Gasteiger partial charge in [0.2, 0.25) is 0 Å². The molecule has 7 heteroatoms. The Morgan fingerprint density at radius 3 is 2.45 bits per heavy atom. The van der Waals surface area contributed by atoms with Gasteiger partial charge in [-0.2, -0.15) is 17.0 Å². The topological polar surface area (TPSA) is 61.9 Å². The second kappa shape index (κ2) is 7.41. The predicted molar refractivity (Wildman–Crippen MR) is 87.2 cm³/mol. The molecule has 1 aliphatic rings. The quantitative estimate of drug-likeness (QED) is 0.854. The average molecular weight is 327 g/mol. The molecule has 0 aliphatic carbocycles. The van der Waals surface area contributed by atoms with Crippen molar-refractivity contribution in [3.63, 3.8) is 0 Å². The highest BCUT2D eigenvalue weighted by molar-refractivity contribution is 7.86. The molecule has 1 heterocycles. The summed E-state index contributed by atoms with van der Waals surface area (Å²) in [7, 11) is -1.82. The molecule has 2 rings (SSSR count). The highest BCUT2D eigenvalue weighted by Crippen LogP contribution is 2.28. The summed E-state index contributed by atoms with van der Waals surface area (Å²) >= 11 is 0. The fourth-order valence-electron chi connectivity index (χ4n) is 2.77. The van der Waals surface area contributed by atoms with Crippen molar-refractivity contribution in [2.75, 3.05) is 39.8 Å². The maximum absolute atomic E-state index is 12.9. The molecule has 6 nitrogen and oxygen atoms in total. The number of ether oxygens (including phenoxy) is 1. The number of methoxy groups -OCH3 is 1. The lowest BCUT2D eigenvalue weighted by Gasteiger charge is -2.38. The lowest BCUT2D eigenvalue weighted by Crippen LogP contribution is -2.53. The van der Waals surface area contributed by atoms with Crippen molar-refractivity contribution >= 4 is 10.2 Å². The molecule has 0 aromatic heterocycles. The van der Waals surface area contributed by atoms with Crippen LogP contribution in [0.25, 0.3) is 0 Å². The maximum Gasteiger partial charge on any atom is 0.282 e. The molecule has 1 aromatic rings. The Hall–Kier alpha value is -1.15. The largest absolute Gasteiger partial charge is 0.497 e. The van der Waals surface area contributed by atoms with E-state index in [1.807, 2.05) is 38.1 Å². The molecule has 1 fully saturated rings. The number of nitrogens with one attached hydrogen (secondary N) is 1. The van der Waals surface area contributed by atoms with Crippen LogP contribution in [0.3, 0.4) is 0 Å². The molecular formula is C15H25N3O3S. The summed E-state index contributed by atoms with van der Waals surface area (Å²) in [5.74, 6) is 0.769. The first-order valence-corrected chi connectivity index (χ1v) is 9.05. The van der Waals surface area contributed by atoms with Gasteiger partial charge in [0.15, 0.2) is 0 Å².